The number of fused-ring (bicyclic) bond motifs is 1. The van der Waals surface area contributed by atoms with Gasteiger partial charge in [0.25, 0.3) is 0 Å². The average Bonchev–Trinajstić information content (AvgIpc) is 2.43. The standard InChI is InChI=1S/C18H25NO4/c1-17(2,3)23-16(21)19-10-13-9-12(15(20)22-6)7-8-14(13)18(4,5)11-19/h7-9H,10-11H2,1-6H3. The topological polar surface area (TPSA) is 55.8 Å². The molecule has 2 rings (SSSR count). The Morgan fingerprint density at radius 3 is 2.43 bits per heavy atom. The van der Waals surface area contributed by atoms with Gasteiger partial charge < -0.3 is 14.4 Å². The van der Waals surface area contributed by atoms with Gasteiger partial charge in [-0.25, -0.2) is 9.59 Å². The number of esters is 1. The van der Waals surface area contributed by atoms with E-state index in [-0.39, 0.29) is 17.5 Å². The van der Waals surface area contributed by atoms with E-state index in [4.69, 9.17) is 9.47 Å². The SMILES string of the molecule is COC(=O)c1ccc2c(c1)CN(C(=O)OC(C)(C)C)CC2(C)C. The van der Waals surface area contributed by atoms with E-state index in [0.29, 0.717) is 18.7 Å². The summed E-state index contributed by atoms with van der Waals surface area (Å²) >= 11 is 0. The van der Waals surface area contributed by atoms with Crippen LogP contribution in [0.2, 0.25) is 0 Å². The molecule has 23 heavy (non-hydrogen) atoms. The Morgan fingerprint density at radius 1 is 1.22 bits per heavy atom. The molecule has 5 nitrogen and oxygen atoms in total. The Morgan fingerprint density at radius 2 is 1.87 bits per heavy atom. The summed E-state index contributed by atoms with van der Waals surface area (Å²) in [4.78, 5) is 25.8. The second-order valence-corrected chi connectivity index (χ2v) is 7.58. The lowest BCUT2D eigenvalue weighted by Gasteiger charge is -2.40. The fourth-order valence-electron chi connectivity index (χ4n) is 2.91. The number of hydrogen-bond donors (Lipinski definition) is 0. The normalized spacial score (nSPS) is 16.5. The third-order valence-corrected chi connectivity index (χ3v) is 3.85. The number of amides is 1. The van der Waals surface area contributed by atoms with Crippen LogP contribution in [0.25, 0.3) is 0 Å². The smallest absolute Gasteiger partial charge is 0.410 e. The van der Waals surface area contributed by atoms with Crippen molar-refractivity contribution in [3.8, 4) is 0 Å². The molecule has 0 bridgehead atoms. The summed E-state index contributed by atoms with van der Waals surface area (Å²) in [5, 5.41) is 0. The fourth-order valence-corrected chi connectivity index (χ4v) is 2.91. The summed E-state index contributed by atoms with van der Waals surface area (Å²) in [6.07, 6.45) is -0.334. The summed E-state index contributed by atoms with van der Waals surface area (Å²) in [7, 11) is 1.36. The summed E-state index contributed by atoms with van der Waals surface area (Å²) in [5.74, 6) is -0.375. The van der Waals surface area contributed by atoms with E-state index in [1.807, 2.05) is 26.8 Å². The molecule has 0 saturated carbocycles. The van der Waals surface area contributed by atoms with Crippen molar-refractivity contribution < 1.29 is 19.1 Å². The molecule has 0 saturated heterocycles. The van der Waals surface area contributed by atoms with Crippen LogP contribution in [-0.2, 0) is 21.4 Å². The van der Waals surface area contributed by atoms with Crippen LogP contribution in [0, 0.1) is 0 Å². The number of benzene rings is 1. The lowest BCUT2D eigenvalue weighted by Crippen LogP contribution is -2.46. The fraction of sp³-hybridized carbons (Fsp3) is 0.556. The molecule has 0 N–H and O–H groups in total. The molecular formula is C18H25NO4. The van der Waals surface area contributed by atoms with Gasteiger partial charge in [-0.3, -0.25) is 0 Å². The predicted octanol–water partition coefficient (Wildman–Crippen LogP) is 3.50. The highest BCUT2D eigenvalue weighted by Crippen LogP contribution is 2.34. The third kappa shape index (κ3) is 3.84. The molecule has 0 unspecified atom stereocenters. The Labute approximate surface area is 137 Å². The number of hydrogen-bond acceptors (Lipinski definition) is 4. The summed E-state index contributed by atoms with van der Waals surface area (Å²) < 4.78 is 10.3. The van der Waals surface area contributed by atoms with Crippen LogP contribution in [0.15, 0.2) is 18.2 Å². The number of ether oxygens (including phenoxy) is 2. The molecule has 1 amide bonds. The second kappa shape index (κ2) is 5.87. The third-order valence-electron chi connectivity index (χ3n) is 3.85. The number of carbonyl (C=O) groups is 2. The molecule has 1 aliphatic heterocycles. The first-order valence-electron chi connectivity index (χ1n) is 7.73. The second-order valence-electron chi connectivity index (χ2n) is 7.58. The Bertz CT molecular complexity index is 628. The minimum absolute atomic E-state index is 0.209. The molecule has 0 aromatic heterocycles. The molecule has 1 aromatic carbocycles. The lowest BCUT2D eigenvalue weighted by molar-refractivity contribution is 0.0174. The Balaban J connectivity index is 2.33. The summed E-state index contributed by atoms with van der Waals surface area (Å²) in [6.45, 7) is 10.7. The van der Waals surface area contributed by atoms with Crippen LogP contribution >= 0.6 is 0 Å². The van der Waals surface area contributed by atoms with Crippen molar-refractivity contribution >= 4 is 12.1 Å². The zero-order chi connectivity index (χ0) is 17.4. The van der Waals surface area contributed by atoms with Crippen molar-refractivity contribution in [3.63, 3.8) is 0 Å². The van der Waals surface area contributed by atoms with Gasteiger partial charge in [-0.2, -0.15) is 0 Å². The molecular weight excluding hydrogens is 294 g/mol. The van der Waals surface area contributed by atoms with E-state index in [1.54, 1.807) is 17.0 Å². The molecule has 0 atom stereocenters. The number of methoxy groups -OCH3 is 1. The molecule has 1 aliphatic rings. The molecule has 0 radical (unpaired) electrons. The van der Waals surface area contributed by atoms with Gasteiger partial charge in [-0.05, 0) is 44.0 Å². The first-order valence-corrected chi connectivity index (χ1v) is 7.73. The van der Waals surface area contributed by atoms with Gasteiger partial charge >= 0.3 is 12.1 Å². The first kappa shape index (κ1) is 17.3. The van der Waals surface area contributed by atoms with Crippen molar-refractivity contribution in [1.82, 2.24) is 4.90 Å². The molecule has 0 fully saturated rings. The van der Waals surface area contributed by atoms with E-state index >= 15 is 0 Å². The maximum atomic E-state index is 12.4. The van der Waals surface area contributed by atoms with Crippen LogP contribution in [0.4, 0.5) is 4.79 Å². The Kier molecular flexibility index (Phi) is 4.42. The van der Waals surface area contributed by atoms with Crippen molar-refractivity contribution in [2.45, 2.75) is 52.2 Å². The molecule has 0 spiro atoms. The van der Waals surface area contributed by atoms with Gasteiger partial charge in [-0.15, -0.1) is 0 Å². The van der Waals surface area contributed by atoms with Crippen molar-refractivity contribution in [1.29, 1.82) is 0 Å². The van der Waals surface area contributed by atoms with E-state index in [1.165, 1.54) is 7.11 Å². The van der Waals surface area contributed by atoms with Crippen molar-refractivity contribution in [3.05, 3.63) is 34.9 Å². The van der Waals surface area contributed by atoms with Gasteiger partial charge in [0.15, 0.2) is 0 Å². The van der Waals surface area contributed by atoms with E-state index in [2.05, 4.69) is 13.8 Å². The number of rotatable bonds is 1. The van der Waals surface area contributed by atoms with Crippen LogP contribution in [0.5, 0.6) is 0 Å². The van der Waals surface area contributed by atoms with Gasteiger partial charge in [0.1, 0.15) is 5.60 Å². The summed E-state index contributed by atoms with van der Waals surface area (Å²) in [5.41, 5.74) is 1.85. The molecule has 1 heterocycles. The highest BCUT2D eigenvalue weighted by molar-refractivity contribution is 5.89. The lowest BCUT2D eigenvalue weighted by atomic mass is 9.78. The predicted molar refractivity (Wildman–Crippen MR) is 87.5 cm³/mol. The average molecular weight is 319 g/mol. The highest BCUT2D eigenvalue weighted by Gasteiger charge is 2.36. The molecule has 5 heteroatoms. The number of nitrogens with zero attached hydrogens (tertiary/aromatic N) is 1. The van der Waals surface area contributed by atoms with Gasteiger partial charge in [0, 0.05) is 18.5 Å². The largest absolute Gasteiger partial charge is 0.465 e. The van der Waals surface area contributed by atoms with E-state index in [0.717, 1.165) is 11.1 Å². The van der Waals surface area contributed by atoms with Crippen LogP contribution in [0.3, 0.4) is 0 Å². The highest BCUT2D eigenvalue weighted by atomic mass is 16.6. The van der Waals surface area contributed by atoms with E-state index in [9.17, 15) is 9.59 Å². The zero-order valence-electron chi connectivity index (χ0n) is 14.7. The molecule has 1 aromatic rings. The quantitative estimate of drug-likeness (QED) is 0.743. The van der Waals surface area contributed by atoms with E-state index < -0.39 is 5.60 Å². The van der Waals surface area contributed by atoms with Gasteiger partial charge in [-0.1, -0.05) is 19.9 Å². The first-order chi connectivity index (χ1) is 10.5. The van der Waals surface area contributed by atoms with Crippen LogP contribution < -0.4 is 0 Å². The van der Waals surface area contributed by atoms with Gasteiger partial charge in [0.05, 0.1) is 12.7 Å². The monoisotopic (exact) mass is 319 g/mol. The van der Waals surface area contributed by atoms with Crippen LogP contribution in [0.1, 0.15) is 56.1 Å². The summed E-state index contributed by atoms with van der Waals surface area (Å²) in [6, 6.07) is 5.53. The maximum absolute atomic E-state index is 12.4. The van der Waals surface area contributed by atoms with Crippen molar-refractivity contribution in [2.24, 2.45) is 0 Å². The molecule has 126 valence electrons. The Hall–Kier alpha value is -2.04. The zero-order valence-corrected chi connectivity index (χ0v) is 14.7. The van der Waals surface area contributed by atoms with Gasteiger partial charge in [0.2, 0.25) is 0 Å². The minimum Gasteiger partial charge on any atom is -0.465 e. The minimum atomic E-state index is -0.532. The molecule has 0 aliphatic carbocycles. The van der Waals surface area contributed by atoms with Crippen LogP contribution in [-0.4, -0.2) is 36.2 Å². The number of carbonyl (C=O) groups excluding carboxylic acids is 2. The maximum Gasteiger partial charge on any atom is 0.410 e. The van der Waals surface area contributed by atoms with Crippen molar-refractivity contribution in [2.75, 3.05) is 13.7 Å².